The maximum Gasteiger partial charge on any atom is 0.411 e. The Hall–Kier alpha value is -1.90. The lowest BCUT2D eigenvalue weighted by atomic mass is 10.3. The third-order valence-corrected chi connectivity index (χ3v) is 6.41. The zero-order valence-electron chi connectivity index (χ0n) is 13.1. The number of anilines is 1. The second-order valence-corrected chi connectivity index (χ2v) is 8.22. The van der Waals surface area contributed by atoms with Crippen molar-refractivity contribution in [1.29, 1.82) is 0 Å². The lowest BCUT2D eigenvalue weighted by Gasteiger charge is -2.21. The number of amides is 1. The van der Waals surface area contributed by atoms with Crippen LogP contribution in [0.2, 0.25) is 0 Å². The van der Waals surface area contributed by atoms with Crippen LogP contribution in [-0.2, 0) is 21.3 Å². The SMILES string of the molecule is COC(=O)Nc1ccc(S(=O)(=O)N(Cc2ccsc2)C2CC2)cc1. The number of carbonyl (C=O) groups excluding carboxylic acids is 1. The molecule has 1 aliphatic rings. The number of hydrogen-bond acceptors (Lipinski definition) is 5. The van der Waals surface area contributed by atoms with E-state index in [-0.39, 0.29) is 10.9 Å². The van der Waals surface area contributed by atoms with Crippen LogP contribution in [0, 0.1) is 0 Å². The molecule has 0 spiro atoms. The van der Waals surface area contributed by atoms with Crippen LogP contribution in [0.25, 0.3) is 0 Å². The number of carbonyl (C=O) groups is 1. The third-order valence-electron chi connectivity index (χ3n) is 3.77. The average molecular weight is 366 g/mol. The molecule has 24 heavy (non-hydrogen) atoms. The number of rotatable bonds is 6. The van der Waals surface area contributed by atoms with E-state index in [1.165, 1.54) is 19.2 Å². The molecular weight excluding hydrogens is 348 g/mol. The summed E-state index contributed by atoms with van der Waals surface area (Å²) in [6.45, 7) is 0.388. The highest BCUT2D eigenvalue weighted by Gasteiger charge is 2.38. The van der Waals surface area contributed by atoms with Crippen LogP contribution < -0.4 is 5.32 Å². The molecule has 1 aliphatic carbocycles. The molecular formula is C16H18N2O4S2. The first-order valence-corrected chi connectivity index (χ1v) is 9.87. The first-order valence-electron chi connectivity index (χ1n) is 7.48. The molecule has 1 N–H and O–H groups in total. The molecule has 1 saturated carbocycles. The van der Waals surface area contributed by atoms with E-state index in [0.717, 1.165) is 18.4 Å². The van der Waals surface area contributed by atoms with Gasteiger partial charge in [-0.1, -0.05) is 0 Å². The van der Waals surface area contributed by atoms with Crippen LogP contribution in [0.15, 0.2) is 46.0 Å². The molecule has 0 bridgehead atoms. The standard InChI is InChI=1S/C16H18N2O4S2/c1-22-16(19)17-13-2-6-15(7-3-13)24(20,21)18(14-4-5-14)10-12-8-9-23-11-12/h2-3,6-9,11,14H,4-5,10H2,1H3,(H,17,19). The van der Waals surface area contributed by atoms with E-state index in [1.807, 2.05) is 16.8 Å². The van der Waals surface area contributed by atoms with Gasteiger partial charge >= 0.3 is 6.09 Å². The summed E-state index contributed by atoms with van der Waals surface area (Å²) in [6.07, 6.45) is 1.19. The second-order valence-electron chi connectivity index (χ2n) is 5.55. The summed E-state index contributed by atoms with van der Waals surface area (Å²) < 4.78 is 32.0. The lowest BCUT2D eigenvalue weighted by molar-refractivity contribution is 0.187. The summed E-state index contributed by atoms with van der Waals surface area (Å²) >= 11 is 1.56. The van der Waals surface area contributed by atoms with Gasteiger partial charge in [0.25, 0.3) is 0 Å². The van der Waals surface area contributed by atoms with Crippen molar-refractivity contribution in [2.24, 2.45) is 0 Å². The van der Waals surface area contributed by atoms with Crippen molar-refractivity contribution in [3.05, 3.63) is 46.7 Å². The molecule has 0 saturated heterocycles. The van der Waals surface area contributed by atoms with Gasteiger partial charge in [0.15, 0.2) is 0 Å². The molecule has 1 heterocycles. The molecule has 1 aromatic heterocycles. The number of hydrogen-bond donors (Lipinski definition) is 1. The summed E-state index contributed by atoms with van der Waals surface area (Å²) in [5.74, 6) is 0. The molecule has 3 rings (SSSR count). The average Bonchev–Trinajstić information content (AvgIpc) is 3.28. The number of nitrogens with one attached hydrogen (secondary N) is 1. The molecule has 0 aliphatic heterocycles. The Kier molecular flexibility index (Phi) is 4.88. The molecule has 2 aromatic rings. The molecule has 8 heteroatoms. The first kappa shape index (κ1) is 16.9. The molecule has 0 radical (unpaired) electrons. The monoisotopic (exact) mass is 366 g/mol. The van der Waals surface area contributed by atoms with Crippen LogP contribution in [-0.4, -0.2) is 32.0 Å². The van der Waals surface area contributed by atoms with Gasteiger partial charge in [-0.25, -0.2) is 13.2 Å². The number of nitrogens with zero attached hydrogens (tertiary/aromatic N) is 1. The van der Waals surface area contributed by atoms with Crippen molar-refractivity contribution < 1.29 is 17.9 Å². The highest BCUT2D eigenvalue weighted by molar-refractivity contribution is 7.89. The van der Waals surface area contributed by atoms with Gasteiger partial charge in [-0.3, -0.25) is 5.32 Å². The molecule has 1 amide bonds. The maximum atomic E-state index is 12.9. The number of methoxy groups -OCH3 is 1. The fourth-order valence-corrected chi connectivity index (χ4v) is 4.68. The summed E-state index contributed by atoms with van der Waals surface area (Å²) in [5, 5.41) is 6.41. The fraction of sp³-hybridized carbons (Fsp3) is 0.312. The Bertz CT molecular complexity index is 797. The van der Waals surface area contributed by atoms with E-state index in [0.29, 0.717) is 12.2 Å². The van der Waals surface area contributed by atoms with E-state index >= 15 is 0 Å². The van der Waals surface area contributed by atoms with Crippen molar-refractivity contribution in [2.75, 3.05) is 12.4 Å². The smallest absolute Gasteiger partial charge is 0.411 e. The normalized spacial score (nSPS) is 14.6. The Morgan fingerprint density at radius 1 is 1.29 bits per heavy atom. The van der Waals surface area contributed by atoms with Gasteiger partial charge in [0.2, 0.25) is 10.0 Å². The van der Waals surface area contributed by atoms with E-state index in [4.69, 9.17) is 0 Å². The van der Waals surface area contributed by atoms with Gasteiger partial charge in [-0.05, 0) is 59.5 Å². The van der Waals surface area contributed by atoms with Gasteiger partial charge < -0.3 is 4.74 Å². The second kappa shape index (κ2) is 6.92. The Morgan fingerprint density at radius 3 is 2.54 bits per heavy atom. The molecule has 0 atom stereocenters. The first-order chi connectivity index (χ1) is 11.5. The zero-order valence-corrected chi connectivity index (χ0v) is 14.8. The summed E-state index contributed by atoms with van der Waals surface area (Å²) in [6, 6.07) is 8.13. The summed E-state index contributed by atoms with van der Waals surface area (Å²) in [7, 11) is -2.30. The predicted molar refractivity (Wildman–Crippen MR) is 92.5 cm³/mol. The van der Waals surface area contributed by atoms with Gasteiger partial charge in [-0.15, -0.1) is 0 Å². The van der Waals surface area contributed by atoms with E-state index in [2.05, 4.69) is 10.1 Å². The van der Waals surface area contributed by atoms with Gasteiger partial charge in [0.05, 0.1) is 12.0 Å². The quantitative estimate of drug-likeness (QED) is 0.851. The Balaban J connectivity index is 1.81. The highest BCUT2D eigenvalue weighted by atomic mass is 32.2. The van der Waals surface area contributed by atoms with Crippen LogP contribution in [0.4, 0.5) is 10.5 Å². The van der Waals surface area contributed by atoms with Crippen molar-refractivity contribution in [3.8, 4) is 0 Å². The van der Waals surface area contributed by atoms with Crippen molar-refractivity contribution in [1.82, 2.24) is 4.31 Å². The van der Waals surface area contributed by atoms with Crippen molar-refractivity contribution in [3.63, 3.8) is 0 Å². The van der Waals surface area contributed by atoms with E-state index in [1.54, 1.807) is 27.8 Å². The maximum absolute atomic E-state index is 12.9. The van der Waals surface area contributed by atoms with Crippen LogP contribution in [0.3, 0.4) is 0 Å². The minimum atomic E-state index is -3.57. The van der Waals surface area contributed by atoms with Crippen LogP contribution >= 0.6 is 11.3 Å². The number of thiophene rings is 1. The Morgan fingerprint density at radius 2 is 2.00 bits per heavy atom. The minimum Gasteiger partial charge on any atom is -0.453 e. The minimum absolute atomic E-state index is 0.0720. The third kappa shape index (κ3) is 3.77. The fourth-order valence-electron chi connectivity index (χ4n) is 2.35. The summed E-state index contributed by atoms with van der Waals surface area (Å²) in [4.78, 5) is 11.4. The van der Waals surface area contributed by atoms with Crippen molar-refractivity contribution in [2.45, 2.75) is 30.3 Å². The Labute approximate surface area is 145 Å². The molecule has 6 nitrogen and oxygen atoms in total. The van der Waals surface area contributed by atoms with Crippen LogP contribution in [0.1, 0.15) is 18.4 Å². The molecule has 0 unspecified atom stereocenters. The predicted octanol–water partition coefficient (Wildman–Crippen LogP) is 3.28. The number of ether oxygens (including phenoxy) is 1. The van der Waals surface area contributed by atoms with Gasteiger partial charge in [0, 0.05) is 18.3 Å². The van der Waals surface area contributed by atoms with Crippen molar-refractivity contribution >= 4 is 33.1 Å². The van der Waals surface area contributed by atoms with Gasteiger partial charge in [0.1, 0.15) is 0 Å². The topological polar surface area (TPSA) is 75.7 Å². The van der Waals surface area contributed by atoms with Gasteiger partial charge in [-0.2, -0.15) is 15.6 Å². The molecule has 128 valence electrons. The number of benzene rings is 1. The molecule has 1 aromatic carbocycles. The van der Waals surface area contributed by atoms with E-state index in [9.17, 15) is 13.2 Å². The van der Waals surface area contributed by atoms with E-state index < -0.39 is 16.1 Å². The summed E-state index contributed by atoms with van der Waals surface area (Å²) in [5.41, 5.74) is 1.48. The highest BCUT2D eigenvalue weighted by Crippen LogP contribution is 2.34. The lowest BCUT2D eigenvalue weighted by Crippen LogP contribution is -2.32. The number of sulfonamides is 1. The zero-order chi connectivity index (χ0) is 17.2. The molecule has 1 fully saturated rings. The van der Waals surface area contributed by atoms with Crippen LogP contribution in [0.5, 0.6) is 0 Å². The largest absolute Gasteiger partial charge is 0.453 e.